The molecule has 11 heteroatoms. The lowest BCUT2D eigenvalue weighted by Crippen LogP contribution is -2.44. The molecule has 0 aliphatic carbocycles. The van der Waals surface area contributed by atoms with E-state index < -0.39 is 17.7 Å². The SMILES string of the molecule is CCC1(O)C(=O)OCc2c1cc1n(c2=O)Cc2cc3c(CN4CCC(OC(=O)NC)CC4)c(O)ccc3nc2-1. The lowest BCUT2D eigenvalue weighted by molar-refractivity contribution is -0.172. The number of hydrogen-bond acceptors (Lipinski definition) is 9. The standard InChI is InChI=1S/C28H30N4O7/c1-3-28(37)20-11-22-24-15(12-32(22)25(34)19(20)14-38-26(28)35)10-17-18(23(33)5-4-21(17)30-24)13-31-8-6-16(7-9-31)39-27(36)29-2/h4-5,10-11,16,33,37H,3,6-9,12-14H2,1-2H3,(H,29,36). The van der Waals surface area contributed by atoms with Gasteiger partial charge in [-0.1, -0.05) is 6.92 Å². The van der Waals surface area contributed by atoms with Crippen molar-refractivity contribution in [3.63, 3.8) is 0 Å². The van der Waals surface area contributed by atoms with E-state index in [-0.39, 0.29) is 48.1 Å². The molecule has 0 saturated carbocycles. The Morgan fingerprint density at radius 3 is 2.74 bits per heavy atom. The zero-order valence-corrected chi connectivity index (χ0v) is 21.8. The Kier molecular flexibility index (Phi) is 6.07. The monoisotopic (exact) mass is 534 g/mol. The van der Waals surface area contributed by atoms with Gasteiger partial charge < -0.3 is 29.6 Å². The van der Waals surface area contributed by atoms with Crippen LogP contribution < -0.4 is 10.9 Å². The van der Waals surface area contributed by atoms with E-state index in [1.165, 1.54) is 7.05 Å². The van der Waals surface area contributed by atoms with E-state index in [2.05, 4.69) is 10.2 Å². The average Bonchev–Trinajstić information content (AvgIpc) is 3.30. The number of fused-ring (bicyclic) bond motifs is 5. The number of aliphatic hydroxyl groups is 1. The Hall–Kier alpha value is -3.96. The van der Waals surface area contributed by atoms with Crippen molar-refractivity contribution in [2.24, 2.45) is 0 Å². The summed E-state index contributed by atoms with van der Waals surface area (Å²) in [6.07, 6.45) is 0.912. The highest BCUT2D eigenvalue weighted by Gasteiger charge is 2.45. The highest BCUT2D eigenvalue weighted by atomic mass is 16.6. The van der Waals surface area contributed by atoms with Crippen molar-refractivity contribution in [1.29, 1.82) is 0 Å². The number of pyridine rings is 2. The molecule has 6 rings (SSSR count). The second-order valence-corrected chi connectivity index (χ2v) is 10.4. The molecule has 0 radical (unpaired) electrons. The number of piperidine rings is 1. The van der Waals surface area contributed by atoms with Gasteiger partial charge in [0.2, 0.25) is 0 Å². The summed E-state index contributed by atoms with van der Waals surface area (Å²) < 4.78 is 12.1. The summed E-state index contributed by atoms with van der Waals surface area (Å²) in [6, 6.07) is 7.03. The largest absolute Gasteiger partial charge is 0.508 e. The maximum atomic E-state index is 13.4. The number of aromatic hydroxyl groups is 1. The van der Waals surface area contributed by atoms with Crippen LogP contribution in [-0.2, 0) is 39.6 Å². The van der Waals surface area contributed by atoms with Gasteiger partial charge in [-0.2, -0.15) is 0 Å². The first kappa shape index (κ1) is 25.3. The zero-order valence-electron chi connectivity index (χ0n) is 21.8. The van der Waals surface area contributed by atoms with Crippen LogP contribution in [0, 0.1) is 0 Å². The van der Waals surface area contributed by atoms with Crippen LogP contribution in [-0.4, -0.2) is 63.0 Å². The number of aromatic nitrogens is 2. The third kappa shape index (κ3) is 4.04. The molecule has 5 heterocycles. The number of phenols is 1. The highest BCUT2D eigenvalue weighted by Crippen LogP contribution is 2.40. The molecule has 39 heavy (non-hydrogen) atoms. The van der Waals surface area contributed by atoms with E-state index in [0.29, 0.717) is 49.4 Å². The van der Waals surface area contributed by atoms with Crippen molar-refractivity contribution in [3.8, 4) is 17.1 Å². The topological polar surface area (TPSA) is 143 Å². The first-order valence-electron chi connectivity index (χ1n) is 13.2. The summed E-state index contributed by atoms with van der Waals surface area (Å²) in [6.45, 7) is 3.71. The third-order valence-corrected chi connectivity index (χ3v) is 8.17. The number of nitrogens with one attached hydrogen (secondary N) is 1. The molecule has 1 unspecified atom stereocenters. The number of hydrogen-bond donors (Lipinski definition) is 3. The molecule has 3 N–H and O–H groups in total. The van der Waals surface area contributed by atoms with Crippen LogP contribution >= 0.6 is 0 Å². The molecular formula is C28H30N4O7. The van der Waals surface area contributed by atoms with Gasteiger partial charge in [-0.05, 0) is 43.5 Å². The van der Waals surface area contributed by atoms with Crippen molar-refractivity contribution in [2.45, 2.75) is 57.6 Å². The minimum Gasteiger partial charge on any atom is -0.508 e. The molecule has 1 aromatic carbocycles. The lowest BCUT2D eigenvalue weighted by Gasteiger charge is -2.32. The summed E-state index contributed by atoms with van der Waals surface area (Å²) in [5.74, 6) is -0.587. The van der Waals surface area contributed by atoms with Crippen LogP contribution in [0.25, 0.3) is 22.3 Å². The number of ether oxygens (including phenoxy) is 2. The van der Waals surface area contributed by atoms with Gasteiger partial charge in [-0.3, -0.25) is 9.69 Å². The van der Waals surface area contributed by atoms with E-state index in [1.54, 1.807) is 29.7 Å². The van der Waals surface area contributed by atoms with Crippen molar-refractivity contribution < 1.29 is 29.3 Å². The van der Waals surface area contributed by atoms with Crippen LogP contribution in [0.3, 0.4) is 0 Å². The Morgan fingerprint density at radius 1 is 1.26 bits per heavy atom. The first-order chi connectivity index (χ1) is 18.7. The van der Waals surface area contributed by atoms with Gasteiger partial charge in [0.15, 0.2) is 5.60 Å². The number of phenolic OH excluding ortho intramolecular Hbond substituents is 1. The molecular weight excluding hydrogens is 504 g/mol. The zero-order chi connectivity index (χ0) is 27.5. The molecule has 1 fully saturated rings. The number of benzene rings is 1. The predicted octanol–water partition coefficient (Wildman–Crippen LogP) is 2.11. The van der Waals surface area contributed by atoms with Crippen LogP contribution in [0.1, 0.15) is 48.4 Å². The van der Waals surface area contributed by atoms with Crippen LogP contribution in [0.15, 0.2) is 29.1 Å². The molecule has 3 aromatic rings. The number of amides is 1. The van der Waals surface area contributed by atoms with E-state index in [4.69, 9.17) is 14.5 Å². The highest BCUT2D eigenvalue weighted by molar-refractivity contribution is 5.89. The molecule has 2 aromatic heterocycles. The minimum atomic E-state index is -1.88. The number of alkyl carbamates (subject to hydrolysis) is 1. The Bertz CT molecular complexity index is 1570. The van der Waals surface area contributed by atoms with Crippen molar-refractivity contribution in [3.05, 3.63) is 56.9 Å². The molecule has 1 saturated heterocycles. The Labute approximate surface area is 224 Å². The van der Waals surface area contributed by atoms with Gasteiger partial charge >= 0.3 is 12.1 Å². The van der Waals surface area contributed by atoms with Gasteiger partial charge in [0.1, 0.15) is 18.5 Å². The Balaban J connectivity index is 1.34. The fraction of sp³-hybridized carbons (Fsp3) is 0.429. The lowest BCUT2D eigenvalue weighted by atomic mass is 9.86. The van der Waals surface area contributed by atoms with Crippen molar-refractivity contribution >= 4 is 23.0 Å². The van der Waals surface area contributed by atoms with Crippen molar-refractivity contribution in [2.75, 3.05) is 20.1 Å². The normalized spacial score (nSPS) is 20.7. The van der Waals surface area contributed by atoms with Crippen LogP contribution in [0.2, 0.25) is 0 Å². The fourth-order valence-electron chi connectivity index (χ4n) is 5.88. The molecule has 0 bridgehead atoms. The number of nitrogens with zero attached hydrogens (tertiary/aromatic N) is 3. The summed E-state index contributed by atoms with van der Waals surface area (Å²) >= 11 is 0. The van der Waals surface area contributed by atoms with Crippen LogP contribution in [0.5, 0.6) is 5.75 Å². The first-order valence-corrected chi connectivity index (χ1v) is 13.2. The smallest absolute Gasteiger partial charge is 0.407 e. The summed E-state index contributed by atoms with van der Waals surface area (Å²) in [7, 11) is 1.54. The maximum Gasteiger partial charge on any atom is 0.407 e. The third-order valence-electron chi connectivity index (χ3n) is 8.17. The van der Waals surface area contributed by atoms with Gasteiger partial charge in [0.25, 0.3) is 5.56 Å². The molecule has 3 aliphatic rings. The second kappa shape index (κ2) is 9.35. The second-order valence-electron chi connectivity index (χ2n) is 10.4. The fourth-order valence-corrected chi connectivity index (χ4v) is 5.88. The van der Waals surface area contributed by atoms with Gasteiger partial charge in [0, 0.05) is 48.8 Å². The molecule has 1 amide bonds. The summed E-state index contributed by atoms with van der Waals surface area (Å²) in [5.41, 5.74) is 1.77. The Morgan fingerprint density at radius 2 is 2.03 bits per heavy atom. The van der Waals surface area contributed by atoms with E-state index in [1.807, 2.05) is 6.07 Å². The number of carbonyl (C=O) groups is 2. The van der Waals surface area contributed by atoms with E-state index in [9.17, 15) is 24.6 Å². The number of likely N-dealkylation sites (tertiary alicyclic amines) is 1. The van der Waals surface area contributed by atoms with E-state index in [0.717, 1.165) is 16.5 Å². The molecule has 1 atom stereocenters. The predicted molar refractivity (Wildman–Crippen MR) is 140 cm³/mol. The number of esters is 1. The van der Waals surface area contributed by atoms with Gasteiger partial charge in [0.05, 0.1) is 29.0 Å². The molecule has 0 spiro atoms. The number of carbonyl (C=O) groups excluding carboxylic acids is 2. The number of cyclic esters (lactones) is 1. The maximum absolute atomic E-state index is 13.4. The molecule has 11 nitrogen and oxygen atoms in total. The molecule has 3 aliphatic heterocycles. The van der Waals surface area contributed by atoms with E-state index >= 15 is 0 Å². The van der Waals surface area contributed by atoms with Crippen LogP contribution in [0.4, 0.5) is 4.79 Å². The van der Waals surface area contributed by atoms with Gasteiger partial charge in [-0.25, -0.2) is 14.6 Å². The molecule has 204 valence electrons. The average molecular weight is 535 g/mol. The summed E-state index contributed by atoms with van der Waals surface area (Å²) in [5, 5.41) is 25.1. The number of rotatable bonds is 4. The quantitative estimate of drug-likeness (QED) is 0.335. The summed E-state index contributed by atoms with van der Waals surface area (Å²) in [4.78, 5) is 44.5. The van der Waals surface area contributed by atoms with Gasteiger partial charge in [-0.15, -0.1) is 0 Å². The minimum absolute atomic E-state index is 0.0809. The van der Waals surface area contributed by atoms with Crippen molar-refractivity contribution in [1.82, 2.24) is 19.8 Å².